The molecule has 5 heteroatoms. The van der Waals surface area contributed by atoms with Gasteiger partial charge >= 0.3 is 0 Å². The first-order valence-corrected chi connectivity index (χ1v) is 5.85. The molecule has 0 heterocycles. The lowest BCUT2D eigenvalue weighted by Crippen LogP contribution is -2.34. The Balaban J connectivity index is 3.75. The van der Waals surface area contributed by atoms with Crippen molar-refractivity contribution in [1.29, 1.82) is 0 Å². The molecule has 0 amide bonds. The molecule has 0 aliphatic carbocycles. The summed E-state index contributed by atoms with van der Waals surface area (Å²) in [6.07, 6.45) is 3.26. The van der Waals surface area contributed by atoms with Crippen molar-refractivity contribution < 1.29 is 0 Å². The highest BCUT2D eigenvalue weighted by atomic mass is 32.2. The predicted octanol–water partition coefficient (Wildman–Crippen LogP) is 2.37. The molecule has 0 aromatic carbocycles. The van der Waals surface area contributed by atoms with Crippen molar-refractivity contribution in [3.8, 4) is 0 Å². The van der Waals surface area contributed by atoms with E-state index in [-0.39, 0.29) is 0 Å². The van der Waals surface area contributed by atoms with Gasteiger partial charge in [0.05, 0.1) is 0 Å². The Morgan fingerprint density at radius 1 is 1.62 bits per heavy atom. The molecule has 1 unspecified atom stereocenters. The number of likely N-dealkylation sites (N-methyl/N-ethyl adjacent to an activating group) is 1. The highest BCUT2D eigenvalue weighted by Gasteiger charge is 2.10. The zero-order valence-corrected chi connectivity index (χ0v) is 9.42. The fourth-order valence-electron chi connectivity index (χ4n) is 1.18. The van der Waals surface area contributed by atoms with Gasteiger partial charge in [0.15, 0.2) is 0 Å². The summed E-state index contributed by atoms with van der Waals surface area (Å²) >= 11 is 1.86. The van der Waals surface area contributed by atoms with Gasteiger partial charge in [-0.25, -0.2) is 0 Å². The first kappa shape index (κ1) is 12.6. The third-order valence-electron chi connectivity index (χ3n) is 2.07. The molecule has 0 saturated carbocycles. The molecular weight excluding hydrogens is 184 g/mol. The highest BCUT2D eigenvalue weighted by molar-refractivity contribution is 7.98. The van der Waals surface area contributed by atoms with Gasteiger partial charge in [-0.2, -0.15) is 11.8 Å². The van der Waals surface area contributed by atoms with E-state index in [1.54, 1.807) is 0 Å². The van der Waals surface area contributed by atoms with E-state index in [0.717, 1.165) is 18.7 Å². The minimum atomic E-state index is 0.567. The van der Waals surface area contributed by atoms with Crippen molar-refractivity contribution >= 4 is 11.8 Å². The van der Waals surface area contributed by atoms with Crippen LogP contribution in [0.1, 0.15) is 13.3 Å². The average molecular weight is 202 g/mol. The SMILES string of the molecule is CCC(CSC)N(C)CCN=[N+]=[N-]. The lowest BCUT2D eigenvalue weighted by molar-refractivity contribution is 0.263. The summed E-state index contributed by atoms with van der Waals surface area (Å²) in [6.45, 7) is 3.60. The Morgan fingerprint density at radius 3 is 2.77 bits per heavy atom. The van der Waals surface area contributed by atoms with E-state index < -0.39 is 0 Å². The summed E-state index contributed by atoms with van der Waals surface area (Å²) in [4.78, 5) is 4.99. The van der Waals surface area contributed by atoms with Crippen molar-refractivity contribution in [2.24, 2.45) is 5.11 Å². The van der Waals surface area contributed by atoms with E-state index in [9.17, 15) is 0 Å². The van der Waals surface area contributed by atoms with Crippen LogP contribution in [-0.4, -0.2) is 43.1 Å². The van der Waals surface area contributed by atoms with Gasteiger partial charge in [0.1, 0.15) is 0 Å². The smallest absolute Gasteiger partial charge is 0.0385 e. The van der Waals surface area contributed by atoms with Crippen LogP contribution in [0.2, 0.25) is 0 Å². The second-order valence-corrected chi connectivity index (χ2v) is 3.86. The van der Waals surface area contributed by atoms with Crippen LogP contribution in [0.3, 0.4) is 0 Å². The number of rotatable bonds is 7. The maximum absolute atomic E-state index is 8.11. The highest BCUT2D eigenvalue weighted by Crippen LogP contribution is 2.07. The maximum atomic E-state index is 8.11. The Labute approximate surface area is 84.3 Å². The van der Waals surface area contributed by atoms with Crippen molar-refractivity contribution in [2.45, 2.75) is 19.4 Å². The fraction of sp³-hybridized carbons (Fsp3) is 1.00. The summed E-state index contributed by atoms with van der Waals surface area (Å²) in [5, 5.41) is 3.52. The fourth-order valence-corrected chi connectivity index (χ4v) is 2.05. The number of hydrogen-bond acceptors (Lipinski definition) is 3. The Bertz CT molecular complexity index is 168. The van der Waals surface area contributed by atoms with E-state index in [1.807, 2.05) is 11.8 Å². The third kappa shape index (κ3) is 5.80. The molecular formula is C8H18N4S. The zero-order valence-electron chi connectivity index (χ0n) is 8.60. The molecule has 13 heavy (non-hydrogen) atoms. The van der Waals surface area contributed by atoms with Crippen LogP contribution in [0, 0.1) is 0 Å². The quantitative estimate of drug-likeness (QED) is 0.361. The Morgan fingerprint density at radius 2 is 2.31 bits per heavy atom. The van der Waals surface area contributed by atoms with Crippen LogP contribution in [0.25, 0.3) is 10.4 Å². The predicted molar refractivity (Wildman–Crippen MR) is 59.1 cm³/mol. The Hall–Kier alpha value is -0.380. The molecule has 1 atom stereocenters. The van der Waals surface area contributed by atoms with Gasteiger partial charge < -0.3 is 4.90 Å². The van der Waals surface area contributed by atoms with Crippen LogP contribution in [0.15, 0.2) is 5.11 Å². The van der Waals surface area contributed by atoms with Gasteiger partial charge in [-0.3, -0.25) is 0 Å². The van der Waals surface area contributed by atoms with Crippen molar-refractivity contribution in [2.75, 3.05) is 32.1 Å². The summed E-state index contributed by atoms with van der Waals surface area (Å²) in [7, 11) is 2.08. The lowest BCUT2D eigenvalue weighted by atomic mass is 10.2. The maximum Gasteiger partial charge on any atom is 0.0385 e. The third-order valence-corrected chi connectivity index (χ3v) is 2.79. The molecule has 4 nitrogen and oxygen atoms in total. The molecule has 0 rings (SSSR count). The van der Waals surface area contributed by atoms with E-state index in [1.165, 1.54) is 0 Å². The van der Waals surface area contributed by atoms with Crippen LogP contribution in [0.5, 0.6) is 0 Å². The molecule has 0 bridgehead atoms. The van der Waals surface area contributed by atoms with Gasteiger partial charge in [-0.1, -0.05) is 12.0 Å². The molecule has 0 aliphatic rings. The van der Waals surface area contributed by atoms with Gasteiger partial charge in [0.25, 0.3) is 0 Å². The topological polar surface area (TPSA) is 52.0 Å². The van der Waals surface area contributed by atoms with Crippen LogP contribution in [0.4, 0.5) is 0 Å². The summed E-state index contributed by atoms with van der Waals surface area (Å²) in [5.74, 6) is 1.14. The average Bonchev–Trinajstić information content (AvgIpc) is 2.14. The largest absolute Gasteiger partial charge is 0.302 e. The molecule has 0 fully saturated rings. The van der Waals surface area contributed by atoms with Crippen LogP contribution in [-0.2, 0) is 0 Å². The first-order chi connectivity index (χ1) is 6.26. The molecule has 0 N–H and O–H groups in total. The van der Waals surface area contributed by atoms with E-state index in [4.69, 9.17) is 5.53 Å². The van der Waals surface area contributed by atoms with Gasteiger partial charge in [0.2, 0.25) is 0 Å². The number of nitrogens with zero attached hydrogens (tertiary/aromatic N) is 4. The molecule has 0 saturated heterocycles. The zero-order chi connectivity index (χ0) is 10.1. The van der Waals surface area contributed by atoms with Gasteiger partial charge in [0, 0.05) is 29.8 Å². The van der Waals surface area contributed by atoms with E-state index >= 15 is 0 Å². The second-order valence-electron chi connectivity index (χ2n) is 2.95. The molecule has 0 radical (unpaired) electrons. The molecule has 0 aliphatic heterocycles. The minimum absolute atomic E-state index is 0.567. The lowest BCUT2D eigenvalue weighted by Gasteiger charge is -2.25. The van der Waals surface area contributed by atoms with Crippen LogP contribution < -0.4 is 0 Å². The normalized spacial score (nSPS) is 12.6. The van der Waals surface area contributed by atoms with Gasteiger partial charge in [-0.05, 0) is 25.3 Å². The molecule has 0 aromatic rings. The molecule has 76 valence electrons. The number of thioether (sulfide) groups is 1. The minimum Gasteiger partial charge on any atom is -0.302 e. The summed E-state index contributed by atoms with van der Waals surface area (Å²) in [5.41, 5.74) is 8.11. The second kappa shape index (κ2) is 8.23. The molecule has 0 spiro atoms. The van der Waals surface area contributed by atoms with Gasteiger partial charge in [-0.15, -0.1) is 0 Å². The van der Waals surface area contributed by atoms with Crippen molar-refractivity contribution in [3.05, 3.63) is 10.4 Å². The monoisotopic (exact) mass is 202 g/mol. The number of azide groups is 1. The summed E-state index contributed by atoms with van der Waals surface area (Å²) in [6, 6.07) is 0.601. The van der Waals surface area contributed by atoms with Crippen molar-refractivity contribution in [1.82, 2.24) is 4.90 Å². The first-order valence-electron chi connectivity index (χ1n) is 4.46. The van der Waals surface area contributed by atoms with E-state index in [0.29, 0.717) is 12.6 Å². The summed E-state index contributed by atoms with van der Waals surface area (Å²) < 4.78 is 0. The van der Waals surface area contributed by atoms with Crippen molar-refractivity contribution in [3.63, 3.8) is 0 Å². The molecule has 0 aromatic heterocycles. The Kier molecular flexibility index (Phi) is 7.99. The van der Waals surface area contributed by atoms with E-state index in [2.05, 4.69) is 35.2 Å². The standard InChI is InChI=1S/C8H18N4S/c1-4-8(7-13-3)12(2)6-5-10-11-9/h8H,4-7H2,1-3H3. The number of hydrogen-bond donors (Lipinski definition) is 0. The van der Waals surface area contributed by atoms with Crippen LogP contribution >= 0.6 is 11.8 Å².